The van der Waals surface area contributed by atoms with Crippen molar-refractivity contribution in [3.8, 4) is 107 Å². The molecule has 556 valence electrons. The SMILES string of the molecule is COc1ccc(N(c2ccc(OC)cc2)c2ccc(-c3cc4c(s3)-c3sc(-c5ccc(N(c6ccc(OC)cc6)c6ccc(OC)cc6)cc5)cc3[Si]43c4cc(-c5ccc(N(c6ccc(OC)cc6)c6ccc(OC)cc6)cc5)sc4-c4sc(-c5ccc(N(c6ccc(OC)cc6)c6cccc(OC)c6)cc5)cc43)cc2)cc1. The highest BCUT2D eigenvalue weighted by atomic mass is 32.1. The van der Waals surface area contributed by atoms with Crippen molar-refractivity contribution in [2.24, 2.45) is 0 Å². The molecule has 0 fully saturated rings. The minimum Gasteiger partial charge on any atom is -0.497 e. The maximum atomic E-state index is 5.80. The Hall–Kier alpha value is -12.7. The molecule has 0 unspecified atom stereocenters. The predicted octanol–water partition coefficient (Wildman–Crippen LogP) is 23.9. The zero-order valence-corrected chi connectivity index (χ0v) is 67.5. The van der Waals surface area contributed by atoms with Crippen LogP contribution in [0.1, 0.15) is 0 Å². The molecule has 18 rings (SSSR count). The molecule has 0 bridgehead atoms. The van der Waals surface area contributed by atoms with Gasteiger partial charge in [0.2, 0.25) is 0 Å². The monoisotopic (exact) mass is 1570 g/mol. The molecule has 2 aliphatic heterocycles. The van der Waals surface area contributed by atoms with Gasteiger partial charge in [-0.3, -0.25) is 0 Å². The van der Waals surface area contributed by atoms with Crippen LogP contribution in [0.4, 0.5) is 68.2 Å². The Labute approximate surface area is 674 Å². The molecule has 2 aliphatic rings. The third-order valence-electron chi connectivity index (χ3n) is 21.2. The molecule has 0 N–H and O–H groups in total. The zero-order valence-electron chi connectivity index (χ0n) is 63.2. The van der Waals surface area contributed by atoms with E-state index in [2.05, 4.69) is 238 Å². The van der Waals surface area contributed by atoms with Crippen molar-refractivity contribution in [2.75, 3.05) is 76.5 Å². The molecule has 113 heavy (non-hydrogen) atoms. The van der Waals surface area contributed by atoms with Crippen LogP contribution in [0.5, 0.6) is 46.0 Å². The van der Waals surface area contributed by atoms with Gasteiger partial charge in [-0.25, -0.2) is 0 Å². The third kappa shape index (κ3) is 13.1. The topological polar surface area (TPSA) is 86.8 Å². The van der Waals surface area contributed by atoms with Gasteiger partial charge >= 0.3 is 0 Å². The maximum absolute atomic E-state index is 5.80. The highest BCUT2D eigenvalue weighted by molar-refractivity contribution is 7.41. The summed E-state index contributed by atoms with van der Waals surface area (Å²) in [4.78, 5) is 19.3. The summed E-state index contributed by atoms with van der Waals surface area (Å²) in [6.07, 6.45) is 0. The van der Waals surface area contributed by atoms with Crippen molar-refractivity contribution in [2.45, 2.75) is 0 Å². The lowest BCUT2D eigenvalue weighted by atomic mass is 10.1. The summed E-state index contributed by atoms with van der Waals surface area (Å²) in [5, 5.41) is 5.72. The van der Waals surface area contributed by atoms with E-state index in [-0.39, 0.29) is 0 Å². The first kappa shape index (κ1) is 71.8. The van der Waals surface area contributed by atoms with E-state index in [0.29, 0.717) is 0 Å². The molecule has 17 heteroatoms. The fraction of sp³-hybridized carbons (Fsp3) is 0.0833. The van der Waals surface area contributed by atoms with Crippen LogP contribution < -0.4 is 78.2 Å². The lowest BCUT2D eigenvalue weighted by molar-refractivity contribution is 0.414. The zero-order chi connectivity index (χ0) is 76.8. The Kier molecular flexibility index (Phi) is 19.4. The Balaban J connectivity index is 0.804. The van der Waals surface area contributed by atoms with Gasteiger partial charge < -0.3 is 57.5 Å². The summed E-state index contributed by atoms with van der Waals surface area (Å²) in [7, 11) is 10.4. The molecule has 0 atom stereocenters. The summed E-state index contributed by atoms with van der Waals surface area (Å²) < 4.78 is 45.3. The molecule has 0 amide bonds. The number of anilines is 12. The average molecular weight is 1570 g/mol. The van der Waals surface area contributed by atoms with Crippen LogP contribution in [0, 0.1) is 0 Å². The number of nitrogens with zero attached hydrogens (tertiary/aromatic N) is 4. The van der Waals surface area contributed by atoms with Crippen LogP contribution in [0.3, 0.4) is 0 Å². The van der Waals surface area contributed by atoms with Crippen molar-refractivity contribution in [3.05, 3.63) is 315 Å². The number of hydrogen-bond donors (Lipinski definition) is 0. The molecule has 12 nitrogen and oxygen atoms in total. The highest BCUT2D eigenvalue weighted by Crippen LogP contribution is 2.53. The van der Waals surface area contributed by atoms with Gasteiger partial charge in [0.25, 0.3) is 0 Å². The lowest BCUT2D eigenvalue weighted by Gasteiger charge is -2.26. The second kappa shape index (κ2) is 30.5. The minimum atomic E-state index is -3.21. The van der Waals surface area contributed by atoms with E-state index in [1.165, 1.54) is 59.8 Å². The van der Waals surface area contributed by atoms with E-state index in [0.717, 1.165) is 136 Å². The van der Waals surface area contributed by atoms with Gasteiger partial charge in [0.1, 0.15) is 46.0 Å². The van der Waals surface area contributed by atoms with Crippen molar-refractivity contribution in [3.63, 3.8) is 0 Å². The fourth-order valence-electron chi connectivity index (χ4n) is 15.5. The average Bonchev–Trinajstić information content (AvgIpc) is 1.49. The molecule has 0 saturated carbocycles. The summed E-state index contributed by atoms with van der Waals surface area (Å²) in [5.41, 5.74) is 16.7. The number of fused-ring (bicyclic) bond motifs is 10. The van der Waals surface area contributed by atoms with Crippen LogP contribution in [0.2, 0.25) is 0 Å². The van der Waals surface area contributed by atoms with Crippen molar-refractivity contribution in [1.82, 2.24) is 0 Å². The predicted molar refractivity (Wildman–Crippen MR) is 472 cm³/mol. The Morgan fingerprint density at radius 3 is 0.549 bits per heavy atom. The van der Waals surface area contributed by atoms with E-state index in [9.17, 15) is 0 Å². The largest absolute Gasteiger partial charge is 0.497 e. The van der Waals surface area contributed by atoms with Gasteiger partial charge in [-0.1, -0.05) is 54.6 Å². The number of thiophene rings is 4. The van der Waals surface area contributed by atoms with Gasteiger partial charge in [-0.2, -0.15) is 0 Å². The molecule has 1 spiro atoms. The third-order valence-corrected chi connectivity index (χ3v) is 31.8. The fourth-order valence-corrected chi connectivity index (χ4v) is 28.4. The minimum absolute atomic E-state index is 0.776. The smallest absolute Gasteiger partial charge is 0.185 e. The number of methoxy groups -OCH3 is 8. The number of rotatable bonds is 24. The Morgan fingerprint density at radius 2 is 0.363 bits per heavy atom. The highest BCUT2D eigenvalue weighted by Gasteiger charge is 2.58. The van der Waals surface area contributed by atoms with E-state index in [1.54, 1.807) is 56.9 Å². The van der Waals surface area contributed by atoms with Crippen molar-refractivity contribution >= 4 is 142 Å². The van der Waals surface area contributed by atoms with Gasteiger partial charge in [0, 0.05) is 113 Å². The van der Waals surface area contributed by atoms with E-state index < -0.39 is 8.07 Å². The molecule has 4 aromatic heterocycles. The molecule has 12 aromatic carbocycles. The molecule has 0 radical (unpaired) electrons. The Morgan fingerprint density at radius 1 is 0.186 bits per heavy atom. The van der Waals surface area contributed by atoms with Gasteiger partial charge in [-0.15, -0.1) is 45.3 Å². The van der Waals surface area contributed by atoms with E-state index in [1.807, 2.05) is 142 Å². The molecular weight excluding hydrogens is 1490 g/mol. The van der Waals surface area contributed by atoms with E-state index in [4.69, 9.17) is 37.9 Å². The lowest BCUT2D eigenvalue weighted by Crippen LogP contribution is -2.70. The standard InChI is InChI=1S/C96H76N4O8S4Si/c1-101-77-42-28-69(29-43-77)97(70-30-44-78(102-2)45-31-70)65-20-12-61(13-21-65)85-57-89-93(109-85)94-90(58-86(110-94)62-14-22-66(23-15-62)98(71-32-46-79(103-3)47-33-71)72-34-48-80(104-4)49-35-72)113(89)91-59-87(63-16-24-67(25-17-63)99(73-36-50-81(105-5)51-37-73)74-38-52-82(106-6)53-39-74)111-95(91)96-92(113)60-88(112-96)64-18-26-68(27-19-64)100(75-40-54-83(107-7)55-41-75)76-10-9-11-84(56-76)108-8/h9-60H,1-8H3. The van der Waals surface area contributed by atoms with Gasteiger partial charge in [0.05, 0.1) is 56.9 Å². The van der Waals surface area contributed by atoms with Crippen molar-refractivity contribution < 1.29 is 37.9 Å². The normalized spacial score (nSPS) is 12.0. The van der Waals surface area contributed by atoms with Gasteiger partial charge in [-0.05, 0) is 298 Å². The summed E-state index contributed by atoms with van der Waals surface area (Å²) >= 11 is 7.69. The molecular formula is C96H76N4O8S4Si. The molecule has 0 aliphatic carbocycles. The first-order valence-electron chi connectivity index (χ1n) is 36.9. The molecule has 0 saturated heterocycles. The first-order chi connectivity index (χ1) is 55.5. The van der Waals surface area contributed by atoms with Crippen LogP contribution >= 0.6 is 45.3 Å². The quantitative estimate of drug-likeness (QED) is 0.0540. The first-order valence-corrected chi connectivity index (χ1v) is 42.1. The number of ether oxygens (including phenoxy) is 8. The van der Waals surface area contributed by atoms with Crippen LogP contribution in [-0.2, 0) is 0 Å². The van der Waals surface area contributed by atoms with Crippen LogP contribution in [0.15, 0.2) is 315 Å². The molecule has 6 heterocycles. The summed E-state index contributed by atoms with van der Waals surface area (Å²) in [6.45, 7) is 0. The maximum Gasteiger partial charge on any atom is 0.185 e. The van der Waals surface area contributed by atoms with Gasteiger partial charge in [0.15, 0.2) is 8.07 Å². The van der Waals surface area contributed by atoms with E-state index >= 15 is 0 Å². The number of hydrogen-bond acceptors (Lipinski definition) is 16. The van der Waals surface area contributed by atoms with Crippen LogP contribution in [-0.4, -0.2) is 65.0 Å². The Bertz CT molecular complexity index is 5730. The van der Waals surface area contributed by atoms with Crippen LogP contribution in [0.25, 0.3) is 61.3 Å². The second-order valence-corrected chi connectivity index (χ2v) is 35.1. The molecule has 16 aromatic rings. The second-order valence-electron chi connectivity index (χ2n) is 27.3. The number of benzene rings is 12. The van der Waals surface area contributed by atoms with Crippen molar-refractivity contribution in [1.29, 1.82) is 0 Å². The summed E-state index contributed by atoms with van der Waals surface area (Å²) in [6, 6.07) is 113. The summed E-state index contributed by atoms with van der Waals surface area (Å²) in [5.74, 6) is 6.33.